The Balaban J connectivity index is 2.31. The second-order valence-corrected chi connectivity index (χ2v) is 5.36. The number of para-hydroxylation sites is 1. The molecule has 3 rings (SSSR count). The van der Waals surface area contributed by atoms with Crippen LogP contribution in [0.15, 0.2) is 53.0 Å². The van der Waals surface area contributed by atoms with E-state index in [2.05, 4.69) is 69.9 Å². The number of halogens is 1. The smallest absolute Gasteiger partial charge is 0.133 e. The molecule has 0 atom stereocenters. The van der Waals surface area contributed by atoms with E-state index in [-0.39, 0.29) is 0 Å². The van der Waals surface area contributed by atoms with Gasteiger partial charge in [0.1, 0.15) is 5.75 Å². The average molecular weight is 316 g/mol. The Labute approximate surface area is 120 Å². The molecule has 2 aromatic carbocycles. The van der Waals surface area contributed by atoms with E-state index in [0.29, 0.717) is 0 Å². The topological polar surface area (TPSA) is 14.2 Å². The fourth-order valence-electron chi connectivity index (χ4n) is 2.42. The number of aryl methyl sites for hydroxylation is 1. The van der Waals surface area contributed by atoms with Gasteiger partial charge >= 0.3 is 0 Å². The molecule has 3 aromatic rings. The van der Waals surface area contributed by atoms with Gasteiger partial charge in [0, 0.05) is 16.8 Å². The third-order valence-electron chi connectivity index (χ3n) is 3.27. The van der Waals surface area contributed by atoms with Crippen LogP contribution in [0.5, 0.6) is 5.75 Å². The lowest BCUT2D eigenvalue weighted by molar-refractivity contribution is 0.413. The summed E-state index contributed by atoms with van der Waals surface area (Å²) in [5.74, 6) is 0.859. The zero-order valence-corrected chi connectivity index (χ0v) is 12.4. The molecule has 0 aliphatic rings. The van der Waals surface area contributed by atoms with Crippen LogP contribution in [0.4, 0.5) is 0 Å². The van der Waals surface area contributed by atoms with E-state index in [1.54, 1.807) is 7.11 Å². The zero-order chi connectivity index (χ0) is 13.4. The quantitative estimate of drug-likeness (QED) is 0.668. The number of ether oxygens (including phenoxy) is 1. The van der Waals surface area contributed by atoms with Crippen molar-refractivity contribution < 1.29 is 4.74 Å². The standard InChI is InChI=1S/C16H14BrNO/c1-11-8-12-9-16(19-2)14(17)10-15(12)18(11)13-6-4-3-5-7-13/h3-10H,1-2H3. The van der Waals surface area contributed by atoms with Crippen molar-refractivity contribution in [3.8, 4) is 11.4 Å². The summed E-state index contributed by atoms with van der Waals surface area (Å²) in [5, 5.41) is 1.18. The maximum Gasteiger partial charge on any atom is 0.133 e. The number of hydrogen-bond acceptors (Lipinski definition) is 1. The van der Waals surface area contributed by atoms with Gasteiger partial charge in [-0.1, -0.05) is 18.2 Å². The van der Waals surface area contributed by atoms with Crippen LogP contribution in [0.25, 0.3) is 16.6 Å². The van der Waals surface area contributed by atoms with Gasteiger partial charge in [0.15, 0.2) is 0 Å². The summed E-state index contributed by atoms with van der Waals surface area (Å²) >= 11 is 3.56. The van der Waals surface area contributed by atoms with E-state index >= 15 is 0 Å². The lowest BCUT2D eigenvalue weighted by Crippen LogP contribution is -1.95. The van der Waals surface area contributed by atoms with Crippen LogP contribution in [0, 0.1) is 6.92 Å². The van der Waals surface area contributed by atoms with E-state index in [1.807, 2.05) is 6.07 Å². The van der Waals surface area contributed by atoms with Crippen molar-refractivity contribution in [2.45, 2.75) is 6.92 Å². The third kappa shape index (κ3) is 2.04. The molecular formula is C16H14BrNO. The van der Waals surface area contributed by atoms with Gasteiger partial charge in [-0.15, -0.1) is 0 Å². The van der Waals surface area contributed by atoms with Crippen LogP contribution in [0.1, 0.15) is 5.69 Å². The average Bonchev–Trinajstić information content (AvgIpc) is 2.74. The molecule has 19 heavy (non-hydrogen) atoms. The Hall–Kier alpha value is -1.74. The molecule has 0 spiro atoms. The SMILES string of the molecule is COc1cc2cc(C)n(-c3ccccc3)c2cc1Br. The third-order valence-corrected chi connectivity index (χ3v) is 3.89. The van der Waals surface area contributed by atoms with Crippen LogP contribution < -0.4 is 4.74 Å². The van der Waals surface area contributed by atoms with E-state index in [9.17, 15) is 0 Å². The van der Waals surface area contributed by atoms with Gasteiger partial charge in [-0.3, -0.25) is 0 Å². The lowest BCUT2D eigenvalue weighted by Gasteiger charge is -2.09. The number of benzene rings is 2. The molecule has 0 bridgehead atoms. The molecule has 0 aliphatic heterocycles. The van der Waals surface area contributed by atoms with Crippen LogP contribution in [0.2, 0.25) is 0 Å². The Morgan fingerprint density at radius 1 is 1.05 bits per heavy atom. The van der Waals surface area contributed by atoms with Gasteiger partial charge in [0.05, 0.1) is 17.1 Å². The summed E-state index contributed by atoms with van der Waals surface area (Å²) in [6.45, 7) is 2.12. The molecule has 2 nitrogen and oxygen atoms in total. The maximum atomic E-state index is 5.35. The Morgan fingerprint density at radius 3 is 2.47 bits per heavy atom. The summed E-state index contributed by atoms with van der Waals surface area (Å²) in [6.07, 6.45) is 0. The highest BCUT2D eigenvalue weighted by atomic mass is 79.9. The molecule has 0 saturated heterocycles. The Kier molecular flexibility index (Phi) is 3.07. The van der Waals surface area contributed by atoms with Crippen LogP contribution in [0.3, 0.4) is 0 Å². The van der Waals surface area contributed by atoms with Crippen LogP contribution in [-0.2, 0) is 0 Å². The minimum atomic E-state index is 0.859. The van der Waals surface area contributed by atoms with Gasteiger partial charge in [0.25, 0.3) is 0 Å². The number of nitrogens with zero attached hydrogens (tertiary/aromatic N) is 1. The second-order valence-electron chi connectivity index (χ2n) is 4.50. The molecule has 1 aromatic heterocycles. The summed E-state index contributed by atoms with van der Waals surface area (Å²) in [4.78, 5) is 0. The van der Waals surface area contributed by atoms with E-state index < -0.39 is 0 Å². The minimum absolute atomic E-state index is 0.859. The first-order valence-electron chi connectivity index (χ1n) is 6.11. The molecular weight excluding hydrogens is 302 g/mol. The van der Waals surface area contributed by atoms with Gasteiger partial charge in [-0.25, -0.2) is 0 Å². The number of rotatable bonds is 2. The number of methoxy groups -OCH3 is 1. The molecule has 1 heterocycles. The molecule has 0 N–H and O–H groups in total. The van der Waals surface area contributed by atoms with Gasteiger partial charge in [-0.05, 0) is 53.2 Å². The normalized spacial score (nSPS) is 10.9. The lowest BCUT2D eigenvalue weighted by atomic mass is 10.2. The van der Waals surface area contributed by atoms with E-state index in [1.165, 1.54) is 22.3 Å². The highest BCUT2D eigenvalue weighted by Crippen LogP contribution is 2.33. The summed E-state index contributed by atoms with van der Waals surface area (Å²) in [7, 11) is 1.69. The first-order valence-corrected chi connectivity index (χ1v) is 6.91. The van der Waals surface area contributed by atoms with Crippen molar-refractivity contribution >= 4 is 26.8 Å². The zero-order valence-electron chi connectivity index (χ0n) is 10.9. The number of fused-ring (bicyclic) bond motifs is 1. The van der Waals surface area contributed by atoms with Crippen molar-refractivity contribution in [3.63, 3.8) is 0 Å². The highest BCUT2D eigenvalue weighted by molar-refractivity contribution is 9.10. The van der Waals surface area contributed by atoms with E-state index in [4.69, 9.17) is 4.74 Å². The van der Waals surface area contributed by atoms with Gasteiger partial charge in [0.2, 0.25) is 0 Å². The second kappa shape index (κ2) is 4.74. The predicted molar refractivity (Wildman–Crippen MR) is 82.3 cm³/mol. The molecule has 0 saturated carbocycles. The molecule has 3 heteroatoms. The van der Waals surface area contributed by atoms with E-state index in [0.717, 1.165) is 10.2 Å². The van der Waals surface area contributed by atoms with Gasteiger partial charge < -0.3 is 9.30 Å². The monoisotopic (exact) mass is 315 g/mol. The van der Waals surface area contributed by atoms with Crippen molar-refractivity contribution in [1.82, 2.24) is 4.57 Å². The van der Waals surface area contributed by atoms with Crippen molar-refractivity contribution in [2.75, 3.05) is 7.11 Å². The number of hydrogen-bond donors (Lipinski definition) is 0. The first-order chi connectivity index (χ1) is 9.20. The molecule has 0 fully saturated rings. The fourth-order valence-corrected chi connectivity index (χ4v) is 2.92. The number of aromatic nitrogens is 1. The highest BCUT2D eigenvalue weighted by Gasteiger charge is 2.10. The van der Waals surface area contributed by atoms with Crippen LogP contribution >= 0.6 is 15.9 Å². The fraction of sp³-hybridized carbons (Fsp3) is 0.125. The molecule has 0 aliphatic carbocycles. The minimum Gasteiger partial charge on any atom is -0.496 e. The largest absolute Gasteiger partial charge is 0.496 e. The molecule has 0 radical (unpaired) electrons. The molecule has 96 valence electrons. The maximum absolute atomic E-state index is 5.35. The summed E-state index contributed by atoms with van der Waals surface area (Å²) in [6, 6.07) is 16.7. The van der Waals surface area contributed by atoms with Crippen molar-refractivity contribution in [1.29, 1.82) is 0 Å². The Morgan fingerprint density at radius 2 is 1.79 bits per heavy atom. The Bertz CT molecular complexity index is 731. The summed E-state index contributed by atoms with van der Waals surface area (Å²) in [5.41, 5.74) is 3.56. The van der Waals surface area contributed by atoms with Crippen molar-refractivity contribution in [2.24, 2.45) is 0 Å². The predicted octanol–water partition coefficient (Wildman–Crippen LogP) is 4.71. The molecule has 0 amide bonds. The summed E-state index contributed by atoms with van der Waals surface area (Å²) < 4.78 is 8.57. The van der Waals surface area contributed by atoms with Gasteiger partial charge in [-0.2, -0.15) is 0 Å². The first kappa shape index (κ1) is 12.3. The molecule has 0 unspecified atom stereocenters. The van der Waals surface area contributed by atoms with Crippen LogP contribution in [-0.4, -0.2) is 11.7 Å². The van der Waals surface area contributed by atoms with Crippen molar-refractivity contribution in [3.05, 3.63) is 58.7 Å².